The molecule has 0 bridgehead atoms. The van der Waals surface area contributed by atoms with Gasteiger partial charge in [0.25, 0.3) is 0 Å². The minimum absolute atomic E-state index is 0.0344. The maximum absolute atomic E-state index is 12.9. The molecule has 39 heavy (non-hydrogen) atoms. The van der Waals surface area contributed by atoms with Crippen LogP contribution in [0.5, 0.6) is 23.0 Å². The molecule has 1 saturated carbocycles. The average Bonchev–Trinajstić information content (AvgIpc) is 3.61. The summed E-state index contributed by atoms with van der Waals surface area (Å²) in [5, 5.41) is 33.4. The quantitative estimate of drug-likeness (QED) is 0.326. The van der Waals surface area contributed by atoms with Gasteiger partial charge in [0.15, 0.2) is 11.2 Å². The van der Waals surface area contributed by atoms with Gasteiger partial charge < -0.3 is 39.3 Å². The predicted molar refractivity (Wildman–Crippen MR) is 139 cm³/mol. The lowest BCUT2D eigenvalue weighted by molar-refractivity contribution is -0.151. The van der Waals surface area contributed by atoms with Gasteiger partial charge in [-0.05, 0) is 23.3 Å². The van der Waals surface area contributed by atoms with E-state index in [1.54, 1.807) is 31.4 Å². The number of aromatic nitrogens is 2. The Balaban J connectivity index is 1.70. The van der Waals surface area contributed by atoms with Gasteiger partial charge in [-0.3, -0.25) is 0 Å². The standard InChI is InChI=1S/C29H29N3O7/c1-35-18-11-9-17(10-12-18)29-24(16-7-5-4-6-8-16)23(27-32-31-22(15-30)38-27)26(33)28(29,34)25-20(37-3)13-19(36-2)14-21(25)39-29/h4-14,23-24,26,33-34H,15,30H2,1-3H3/t23-,24-,26-,28+,29+/m1/s1. The van der Waals surface area contributed by atoms with Gasteiger partial charge in [-0.1, -0.05) is 42.5 Å². The molecule has 3 aromatic carbocycles. The number of nitrogens with two attached hydrogens (primary N) is 1. The summed E-state index contributed by atoms with van der Waals surface area (Å²) in [6.07, 6.45) is -1.46. The third kappa shape index (κ3) is 3.38. The Bertz CT molecular complexity index is 1490. The van der Waals surface area contributed by atoms with Crippen molar-refractivity contribution < 1.29 is 33.6 Å². The molecular weight excluding hydrogens is 502 g/mol. The normalized spacial score (nSPS) is 27.0. The van der Waals surface area contributed by atoms with Crippen LogP contribution in [0.4, 0.5) is 0 Å². The Labute approximate surface area is 224 Å². The van der Waals surface area contributed by atoms with E-state index in [0.717, 1.165) is 5.56 Å². The number of fused-ring (bicyclic) bond motifs is 3. The van der Waals surface area contributed by atoms with E-state index in [1.807, 2.05) is 42.5 Å². The van der Waals surface area contributed by atoms with Gasteiger partial charge in [-0.25, -0.2) is 0 Å². The van der Waals surface area contributed by atoms with Gasteiger partial charge in [0.2, 0.25) is 11.8 Å². The van der Waals surface area contributed by atoms with Gasteiger partial charge in [-0.2, -0.15) is 0 Å². The van der Waals surface area contributed by atoms with E-state index in [-0.39, 0.29) is 18.3 Å². The molecule has 1 aromatic heterocycles. The third-order valence-corrected chi connectivity index (χ3v) is 7.90. The second-order valence-corrected chi connectivity index (χ2v) is 9.63. The predicted octanol–water partition coefficient (Wildman–Crippen LogP) is 2.97. The van der Waals surface area contributed by atoms with Crippen molar-refractivity contribution in [3.8, 4) is 23.0 Å². The minimum atomic E-state index is -2.02. The van der Waals surface area contributed by atoms with Crippen molar-refractivity contribution >= 4 is 0 Å². The van der Waals surface area contributed by atoms with Crippen LogP contribution in [0, 0.1) is 0 Å². The van der Waals surface area contributed by atoms with Crippen LogP contribution in [0.25, 0.3) is 0 Å². The molecule has 202 valence electrons. The summed E-state index contributed by atoms with van der Waals surface area (Å²) in [4.78, 5) is 0. The van der Waals surface area contributed by atoms with E-state index in [1.165, 1.54) is 14.2 Å². The summed E-state index contributed by atoms with van der Waals surface area (Å²) in [6, 6.07) is 20.1. The molecule has 2 aliphatic rings. The van der Waals surface area contributed by atoms with Crippen molar-refractivity contribution in [2.24, 2.45) is 5.73 Å². The zero-order chi connectivity index (χ0) is 27.4. The number of benzene rings is 3. The highest BCUT2D eigenvalue weighted by atomic mass is 16.5. The first-order chi connectivity index (χ1) is 18.9. The van der Waals surface area contributed by atoms with Crippen LogP contribution in [-0.4, -0.2) is 47.8 Å². The molecule has 4 aromatic rings. The maximum atomic E-state index is 12.9. The number of hydrogen-bond donors (Lipinski definition) is 3. The molecule has 1 aliphatic heterocycles. The smallest absolute Gasteiger partial charge is 0.230 e. The lowest BCUT2D eigenvalue weighted by Gasteiger charge is -2.40. The Morgan fingerprint density at radius 2 is 1.64 bits per heavy atom. The highest BCUT2D eigenvalue weighted by molar-refractivity contribution is 5.63. The summed E-state index contributed by atoms with van der Waals surface area (Å²) in [5.41, 5.74) is 3.89. The first-order valence-electron chi connectivity index (χ1n) is 12.5. The Morgan fingerprint density at radius 3 is 2.26 bits per heavy atom. The molecular formula is C29H29N3O7. The number of nitrogens with zero attached hydrogens (tertiary/aromatic N) is 2. The maximum Gasteiger partial charge on any atom is 0.230 e. The molecule has 0 spiro atoms. The summed E-state index contributed by atoms with van der Waals surface area (Å²) in [7, 11) is 4.60. The van der Waals surface area contributed by atoms with Crippen molar-refractivity contribution in [3.05, 3.63) is 95.2 Å². The zero-order valence-electron chi connectivity index (χ0n) is 21.7. The van der Waals surface area contributed by atoms with Gasteiger partial charge in [0.1, 0.15) is 29.1 Å². The molecule has 0 amide bonds. The number of methoxy groups -OCH3 is 3. The Kier molecular flexibility index (Phi) is 5.98. The van der Waals surface area contributed by atoms with Gasteiger partial charge in [0, 0.05) is 18.1 Å². The Morgan fingerprint density at radius 1 is 0.923 bits per heavy atom. The van der Waals surface area contributed by atoms with Gasteiger partial charge in [0.05, 0.1) is 39.4 Å². The number of hydrogen-bond acceptors (Lipinski definition) is 10. The fourth-order valence-electron chi connectivity index (χ4n) is 6.26. The van der Waals surface area contributed by atoms with Crippen LogP contribution in [-0.2, 0) is 17.7 Å². The van der Waals surface area contributed by atoms with E-state index in [4.69, 9.17) is 29.1 Å². The second-order valence-electron chi connectivity index (χ2n) is 9.63. The minimum Gasteiger partial charge on any atom is -0.497 e. The molecule has 10 nitrogen and oxygen atoms in total. The van der Waals surface area contributed by atoms with E-state index >= 15 is 0 Å². The molecule has 10 heteroatoms. The number of rotatable bonds is 7. The molecule has 0 unspecified atom stereocenters. The summed E-state index contributed by atoms with van der Waals surface area (Å²) < 4.78 is 29.4. The molecule has 2 heterocycles. The molecule has 1 fully saturated rings. The number of aliphatic hydroxyl groups excluding tert-OH is 1. The topological polar surface area (TPSA) is 142 Å². The Hall–Kier alpha value is -4.12. The highest BCUT2D eigenvalue weighted by Gasteiger charge is 2.78. The first-order valence-corrected chi connectivity index (χ1v) is 12.5. The zero-order valence-corrected chi connectivity index (χ0v) is 21.7. The third-order valence-electron chi connectivity index (χ3n) is 7.90. The van der Waals surface area contributed by atoms with Crippen LogP contribution in [0.15, 0.2) is 71.1 Å². The van der Waals surface area contributed by atoms with E-state index in [2.05, 4.69) is 10.2 Å². The second kappa shape index (κ2) is 9.26. The highest BCUT2D eigenvalue weighted by Crippen LogP contribution is 2.72. The fourth-order valence-corrected chi connectivity index (χ4v) is 6.26. The van der Waals surface area contributed by atoms with Crippen molar-refractivity contribution in [2.45, 2.75) is 35.7 Å². The monoisotopic (exact) mass is 531 g/mol. The number of ether oxygens (including phenoxy) is 4. The largest absolute Gasteiger partial charge is 0.497 e. The number of aliphatic hydroxyl groups is 2. The lowest BCUT2D eigenvalue weighted by atomic mass is 9.70. The summed E-state index contributed by atoms with van der Waals surface area (Å²) in [6.45, 7) is 0.0344. The van der Waals surface area contributed by atoms with Gasteiger partial charge in [-0.15, -0.1) is 10.2 Å². The molecule has 0 radical (unpaired) electrons. The molecule has 5 atom stereocenters. The van der Waals surface area contributed by atoms with Crippen molar-refractivity contribution in [1.82, 2.24) is 10.2 Å². The summed E-state index contributed by atoms with van der Waals surface area (Å²) >= 11 is 0. The van der Waals surface area contributed by atoms with Crippen LogP contribution in [0.1, 0.15) is 40.3 Å². The van der Waals surface area contributed by atoms with E-state index in [9.17, 15) is 10.2 Å². The fraction of sp³-hybridized carbons (Fsp3) is 0.310. The van der Waals surface area contributed by atoms with E-state index in [0.29, 0.717) is 34.1 Å². The summed E-state index contributed by atoms with van der Waals surface area (Å²) in [5.74, 6) is 0.544. The van der Waals surface area contributed by atoms with Crippen molar-refractivity contribution in [3.63, 3.8) is 0 Å². The lowest BCUT2D eigenvalue weighted by Crippen LogP contribution is -2.52. The van der Waals surface area contributed by atoms with Crippen molar-refractivity contribution in [2.75, 3.05) is 21.3 Å². The molecule has 0 saturated heterocycles. The average molecular weight is 532 g/mol. The first kappa shape index (κ1) is 25.2. The molecule has 4 N–H and O–H groups in total. The molecule has 1 aliphatic carbocycles. The van der Waals surface area contributed by atoms with Crippen LogP contribution >= 0.6 is 0 Å². The van der Waals surface area contributed by atoms with E-state index < -0.39 is 29.1 Å². The van der Waals surface area contributed by atoms with Crippen LogP contribution in [0.2, 0.25) is 0 Å². The van der Waals surface area contributed by atoms with Crippen molar-refractivity contribution in [1.29, 1.82) is 0 Å². The molecule has 6 rings (SSSR count). The SMILES string of the molecule is COc1ccc([C@@]23Oc4cc(OC)cc(OC)c4[C@]2(O)[C@H](O)[C@H](c2nnc(CN)o2)[C@H]3c2ccccc2)cc1. The van der Waals surface area contributed by atoms with Gasteiger partial charge >= 0.3 is 0 Å². The van der Waals surface area contributed by atoms with Crippen LogP contribution in [0.3, 0.4) is 0 Å². The van der Waals surface area contributed by atoms with Crippen LogP contribution < -0.4 is 24.7 Å².